The van der Waals surface area contributed by atoms with E-state index in [4.69, 9.17) is 16.8 Å². The Kier molecular flexibility index (Phi) is 5.99. The fourth-order valence-electron chi connectivity index (χ4n) is 6.99. The van der Waals surface area contributed by atoms with Crippen molar-refractivity contribution in [1.29, 1.82) is 0 Å². The van der Waals surface area contributed by atoms with E-state index in [0.717, 1.165) is 33.1 Å². The summed E-state index contributed by atoms with van der Waals surface area (Å²) < 4.78 is 2.33. The van der Waals surface area contributed by atoms with Crippen LogP contribution >= 0.6 is 6.04 Å². The highest BCUT2D eigenvalue weighted by Gasteiger charge is 2.27. The molecule has 4 heteroatoms. The van der Waals surface area contributed by atoms with E-state index in [1.54, 1.807) is 0 Å². The highest BCUT2D eigenvalue weighted by molar-refractivity contribution is 8.25. The van der Waals surface area contributed by atoms with Gasteiger partial charge < -0.3 is 0 Å². The van der Waals surface area contributed by atoms with Gasteiger partial charge in [0.1, 0.15) is 5.65 Å². The molecule has 2 nitrogen and oxygen atoms in total. The van der Waals surface area contributed by atoms with Crippen LogP contribution in [0.15, 0.2) is 164 Å². The molecule has 0 atom stereocenters. The molecule has 0 amide bonds. The van der Waals surface area contributed by atoms with Gasteiger partial charge in [0, 0.05) is 22.1 Å². The van der Waals surface area contributed by atoms with Crippen LogP contribution < -0.4 is 15.9 Å². The molecule has 9 rings (SSSR count). The Morgan fingerprint density at radius 3 is 1.76 bits per heavy atom. The number of fused-ring (bicyclic) bond motifs is 9. The van der Waals surface area contributed by atoms with E-state index < -0.39 is 6.04 Å². The summed E-state index contributed by atoms with van der Waals surface area (Å²) in [5.74, 6) is 0. The first-order chi connectivity index (χ1) is 22.2. The zero-order chi connectivity index (χ0) is 30.0. The van der Waals surface area contributed by atoms with E-state index in [1.807, 2.05) is 0 Å². The summed E-state index contributed by atoms with van der Waals surface area (Å²) in [4.78, 5) is 5.16. The number of nitrogens with zero attached hydrogens (tertiary/aromatic N) is 2. The maximum atomic E-state index is 6.78. The minimum atomic E-state index is -2.33. The summed E-state index contributed by atoms with van der Waals surface area (Å²) in [6.07, 6.45) is 0. The molecule has 7 aromatic carbocycles. The molecule has 0 bridgehead atoms. The monoisotopic (exact) mass is 610 g/mol. The van der Waals surface area contributed by atoms with Gasteiger partial charge in [0.25, 0.3) is 0 Å². The van der Waals surface area contributed by atoms with Crippen molar-refractivity contribution >= 4 is 82.9 Å². The molecule has 0 fully saturated rings. The number of hydrogen-bond acceptors (Lipinski definition) is 2. The minimum Gasteiger partial charge on any atom is -0.292 e. The Bertz CT molecular complexity index is 2580. The maximum absolute atomic E-state index is 6.78. The molecule has 0 N–H and O–H groups in total. The molecule has 212 valence electrons. The number of aromatic nitrogens is 2. The average Bonchev–Trinajstić information content (AvgIpc) is 3.51. The van der Waals surface area contributed by atoms with Gasteiger partial charge in [0.2, 0.25) is 0 Å². The van der Waals surface area contributed by atoms with E-state index in [0.29, 0.717) is 0 Å². The van der Waals surface area contributed by atoms with Gasteiger partial charge in [0.05, 0.1) is 16.6 Å². The first-order valence-electron chi connectivity index (χ1n) is 15.2. The van der Waals surface area contributed by atoms with Gasteiger partial charge in [-0.1, -0.05) is 157 Å². The van der Waals surface area contributed by atoms with Gasteiger partial charge >= 0.3 is 0 Å². The summed E-state index contributed by atoms with van der Waals surface area (Å²) in [7, 11) is 0. The molecule has 0 saturated carbocycles. The first kappa shape index (κ1) is 26.3. The SMILES string of the molecule is S=P(c1ccccc1)(c1ccccc1)c1ccc(-c2ccc3nc4c5ccccc5c5ccccc5n4c3c2)c2ccccc12. The lowest BCUT2D eigenvalue weighted by Crippen LogP contribution is -2.25. The Labute approximate surface area is 266 Å². The molecular formula is C41H27N2PS. The lowest BCUT2D eigenvalue weighted by molar-refractivity contribution is 1.31. The van der Waals surface area contributed by atoms with Crippen LogP contribution in [0.1, 0.15) is 0 Å². The number of hydrogen-bond donors (Lipinski definition) is 0. The van der Waals surface area contributed by atoms with Crippen molar-refractivity contribution in [2.45, 2.75) is 0 Å². The maximum Gasteiger partial charge on any atom is 0.146 e. The van der Waals surface area contributed by atoms with Gasteiger partial charge in [-0.3, -0.25) is 4.40 Å². The van der Waals surface area contributed by atoms with Crippen LogP contribution in [0.3, 0.4) is 0 Å². The van der Waals surface area contributed by atoms with Gasteiger partial charge in [0.15, 0.2) is 0 Å². The normalized spacial score (nSPS) is 12.1. The number of benzene rings is 7. The number of imidazole rings is 1. The van der Waals surface area contributed by atoms with Crippen LogP contribution in [-0.4, -0.2) is 9.38 Å². The lowest BCUT2D eigenvalue weighted by atomic mass is 9.98. The van der Waals surface area contributed by atoms with Crippen molar-refractivity contribution < 1.29 is 0 Å². The highest BCUT2D eigenvalue weighted by Crippen LogP contribution is 2.46. The second kappa shape index (κ2) is 10.2. The van der Waals surface area contributed by atoms with Crippen LogP contribution in [0.5, 0.6) is 0 Å². The van der Waals surface area contributed by atoms with Crippen molar-refractivity contribution in [1.82, 2.24) is 9.38 Å². The molecule has 2 aromatic heterocycles. The molecule has 0 aliphatic heterocycles. The topological polar surface area (TPSA) is 17.3 Å². The fourth-order valence-corrected chi connectivity index (χ4v) is 11.1. The molecule has 0 saturated heterocycles. The van der Waals surface area contributed by atoms with Crippen molar-refractivity contribution in [2.75, 3.05) is 0 Å². The second-order valence-electron chi connectivity index (χ2n) is 11.5. The van der Waals surface area contributed by atoms with Gasteiger partial charge in [-0.2, -0.15) is 0 Å². The van der Waals surface area contributed by atoms with Gasteiger partial charge in [-0.15, -0.1) is 0 Å². The summed E-state index contributed by atoms with van der Waals surface area (Å²) >= 11 is 6.78. The van der Waals surface area contributed by atoms with E-state index in [-0.39, 0.29) is 0 Å². The first-order valence-corrected chi connectivity index (χ1v) is 18.0. The quantitative estimate of drug-likeness (QED) is 0.146. The zero-order valence-corrected chi connectivity index (χ0v) is 26.0. The molecule has 0 unspecified atom stereocenters. The van der Waals surface area contributed by atoms with Crippen molar-refractivity contribution in [3.63, 3.8) is 0 Å². The number of rotatable bonds is 4. The van der Waals surface area contributed by atoms with E-state index in [9.17, 15) is 0 Å². The summed E-state index contributed by atoms with van der Waals surface area (Å²) in [5, 5.41) is 9.67. The van der Waals surface area contributed by atoms with Crippen LogP contribution in [-0.2, 0) is 11.8 Å². The second-order valence-corrected chi connectivity index (χ2v) is 15.9. The number of para-hydroxylation sites is 1. The third-order valence-electron chi connectivity index (χ3n) is 9.05. The molecule has 2 heterocycles. The van der Waals surface area contributed by atoms with Gasteiger partial charge in [-0.25, -0.2) is 4.98 Å². The minimum absolute atomic E-state index is 0.989. The molecule has 9 aromatic rings. The van der Waals surface area contributed by atoms with Crippen molar-refractivity contribution in [3.05, 3.63) is 164 Å². The third-order valence-corrected chi connectivity index (χ3v) is 14.0. The molecule has 45 heavy (non-hydrogen) atoms. The van der Waals surface area contributed by atoms with E-state index in [2.05, 4.69) is 168 Å². The summed E-state index contributed by atoms with van der Waals surface area (Å²) in [6.45, 7) is 0. The van der Waals surface area contributed by atoms with E-state index in [1.165, 1.54) is 43.0 Å². The highest BCUT2D eigenvalue weighted by atomic mass is 32.4. The Balaban J connectivity index is 1.31. The van der Waals surface area contributed by atoms with Crippen molar-refractivity contribution in [2.24, 2.45) is 0 Å². The standard InChI is InChI=1S/C41H27N2PS/c45-44(29-13-3-1-4-14-29,30-15-5-2-6-16-30)40-26-24-31(32-17-7-9-20-35(32)40)28-23-25-37-39(27-28)43-38-22-12-11-19-34(38)33-18-8-10-21-36(33)41(43)42-37/h1-27H. The molecule has 0 aliphatic carbocycles. The average molecular weight is 611 g/mol. The van der Waals surface area contributed by atoms with Crippen LogP contribution in [0, 0.1) is 0 Å². The summed E-state index contributed by atoms with van der Waals surface area (Å²) in [6, 6.07) is 56.3. The predicted octanol–water partition coefficient (Wildman–Crippen LogP) is 9.37. The zero-order valence-electron chi connectivity index (χ0n) is 24.3. The van der Waals surface area contributed by atoms with Gasteiger partial charge in [-0.05, 0) is 56.1 Å². The van der Waals surface area contributed by atoms with E-state index >= 15 is 0 Å². The molecule has 0 radical (unpaired) electrons. The Morgan fingerprint density at radius 1 is 0.467 bits per heavy atom. The molecule has 0 spiro atoms. The Hall–Kier alpha value is -5.08. The lowest BCUT2D eigenvalue weighted by Gasteiger charge is -2.26. The largest absolute Gasteiger partial charge is 0.292 e. The van der Waals surface area contributed by atoms with Crippen molar-refractivity contribution in [3.8, 4) is 11.1 Å². The third kappa shape index (κ3) is 3.95. The molecular weight excluding hydrogens is 584 g/mol. The van der Waals surface area contributed by atoms with Crippen LogP contribution in [0.25, 0.3) is 60.3 Å². The smallest absolute Gasteiger partial charge is 0.146 e. The number of pyridine rings is 1. The Morgan fingerprint density at radius 2 is 1.04 bits per heavy atom. The van der Waals surface area contributed by atoms with Crippen LogP contribution in [0.4, 0.5) is 0 Å². The molecule has 0 aliphatic rings. The predicted molar refractivity (Wildman–Crippen MR) is 197 cm³/mol. The summed E-state index contributed by atoms with van der Waals surface area (Å²) in [5.41, 5.74) is 6.61. The fraction of sp³-hybridized carbons (Fsp3) is 0. The van der Waals surface area contributed by atoms with Crippen LogP contribution in [0.2, 0.25) is 0 Å².